The minimum absolute atomic E-state index is 0.0178. The van der Waals surface area contributed by atoms with Crippen molar-refractivity contribution in [3.8, 4) is 5.75 Å². The van der Waals surface area contributed by atoms with Crippen molar-refractivity contribution in [2.75, 3.05) is 18.0 Å². The second kappa shape index (κ2) is 13.9. The van der Waals surface area contributed by atoms with E-state index < -0.39 is 28.5 Å². The van der Waals surface area contributed by atoms with E-state index in [9.17, 15) is 18.0 Å². The smallest absolute Gasteiger partial charge is 0.264 e. The van der Waals surface area contributed by atoms with Crippen molar-refractivity contribution < 1.29 is 22.7 Å². The number of benzene rings is 3. The summed E-state index contributed by atoms with van der Waals surface area (Å²) >= 11 is 12.5. The normalized spacial score (nSPS) is 12.8. The van der Waals surface area contributed by atoms with Crippen LogP contribution in [0.15, 0.2) is 77.7 Å². The van der Waals surface area contributed by atoms with Gasteiger partial charge >= 0.3 is 0 Å². The highest BCUT2D eigenvalue weighted by atomic mass is 35.5. The molecule has 0 aliphatic rings. The van der Waals surface area contributed by atoms with Gasteiger partial charge in [-0.3, -0.25) is 13.9 Å². The van der Waals surface area contributed by atoms with Crippen LogP contribution in [0, 0.1) is 0 Å². The van der Waals surface area contributed by atoms with E-state index in [1.165, 1.54) is 42.3 Å². The zero-order valence-corrected chi connectivity index (χ0v) is 25.1. The molecule has 214 valence electrons. The lowest BCUT2D eigenvalue weighted by Crippen LogP contribution is -2.52. The quantitative estimate of drug-likeness (QED) is 0.293. The summed E-state index contributed by atoms with van der Waals surface area (Å²) in [5.74, 6) is -0.365. The van der Waals surface area contributed by atoms with E-state index in [0.29, 0.717) is 22.8 Å². The van der Waals surface area contributed by atoms with Crippen molar-refractivity contribution in [1.82, 2.24) is 10.2 Å². The maximum absolute atomic E-state index is 14.0. The molecule has 3 aromatic carbocycles. The molecule has 0 saturated carbocycles. The van der Waals surface area contributed by atoms with Crippen LogP contribution in [0.4, 0.5) is 5.69 Å². The average Bonchev–Trinajstić information content (AvgIpc) is 2.94. The van der Waals surface area contributed by atoms with E-state index in [0.717, 1.165) is 4.31 Å². The van der Waals surface area contributed by atoms with E-state index in [1.807, 2.05) is 13.8 Å². The van der Waals surface area contributed by atoms with Crippen LogP contribution in [0.5, 0.6) is 5.75 Å². The number of carbonyl (C=O) groups is 2. The summed E-state index contributed by atoms with van der Waals surface area (Å²) in [6, 6.07) is 18.2. The standard InChI is InChI=1S/C29H33Cl2N3O5S/c1-5-20(2)32-29(36)21(3)33(18-22-10-9-11-24(16-22)39-4)28(35)19-34(27-15-14-23(30)17-26(27)31)40(37,38)25-12-7-6-8-13-25/h6-17,20-21H,5,18-19H2,1-4H3,(H,32,36)/t20-,21-/m1/s1. The van der Waals surface area contributed by atoms with Gasteiger partial charge in [-0.05, 0) is 68.3 Å². The monoisotopic (exact) mass is 605 g/mol. The first-order valence-corrected chi connectivity index (χ1v) is 14.9. The van der Waals surface area contributed by atoms with E-state index >= 15 is 0 Å². The summed E-state index contributed by atoms with van der Waals surface area (Å²) in [4.78, 5) is 28.5. The average molecular weight is 607 g/mol. The number of hydrogen-bond donors (Lipinski definition) is 1. The van der Waals surface area contributed by atoms with E-state index in [1.54, 1.807) is 49.4 Å². The SMILES string of the molecule is CC[C@@H](C)NC(=O)[C@@H](C)N(Cc1cccc(OC)c1)C(=O)CN(c1ccc(Cl)cc1Cl)S(=O)(=O)c1ccccc1. The second-order valence-corrected chi connectivity index (χ2v) is 12.0. The Labute approximate surface area is 245 Å². The van der Waals surface area contributed by atoms with Gasteiger partial charge < -0.3 is 15.0 Å². The molecular weight excluding hydrogens is 573 g/mol. The Morgan fingerprint density at radius 1 is 0.975 bits per heavy atom. The molecule has 1 N–H and O–H groups in total. The van der Waals surface area contributed by atoms with Gasteiger partial charge in [0.2, 0.25) is 11.8 Å². The fourth-order valence-electron chi connectivity index (χ4n) is 3.93. The predicted octanol–water partition coefficient (Wildman–Crippen LogP) is 5.53. The number of methoxy groups -OCH3 is 1. The van der Waals surface area contributed by atoms with Gasteiger partial charge in [0.05, 0.1) is 22.7 Å². The Morgan fingerprint density at radius 3 is 2.30 bits per heavy atom. The topological polar surface area (TPSA) is 96.0 Å². The van der Waals surface area contributed by atoms with Crippen LogP contribution in [0.3, 0.4) is 0 Å². The third-order valence-electron chi connectivity index (χ3n) is 6.44. The van der Waals surface area contributed by atoms with Gasteiger partial charge in [-0.1, -0.05) is 60.5 Å². The summed E-state index contributed by atoms with van der Waals surface area (Å²) in [7, 11) is -2.70. The van der Waals surface area contributed by atoms with Crippen LogP contribution in [0.25, 0.3) is 0 Å². The number of sulfonamides is 1. The Hall–Kier alpha value is -3.27. The molecule has 0 aliphatic carbocycles. The summed E-state index contributed by atoms with van der Waals surface area (Å²) in [6.45, 7) is 4.86. The first-order chi connectivity index (χ1) is 19.0. The van der Waals surface area contributed by atoms with Crippen LogP contribution >= 0.6 is 23.2 Å². The molecule has 0 spiro atoms. The van der Waals surface area contributed by atoms with Crippen molar-refractivity contribution in [1.29, 1.82) is 0 Å². The zero-order valence-electron chi connectivity index (χ0n) is 22.8. The highest BCUT2D eigenvalue weighted by Crippen LogP contribution is 2.33. The highest BCUT2D eigenvalue weighted by Gasteiger charge is 2.33. The largest absolute Gasteiger partial charge is 0.497 e. The first kappa shape index (κ1) is 31.3. The van der Waals surface area contributed by atoms with Gasteiger partial charge in [0.25, 0.3) is 10.0 Å². The summed E-state index contributed by atoms with van der Waals surface area (Å²) in [6.07, 6.45) is 0.709. The maximum atomic E-state index is 14.0. The molecule has 11 heteroatoms. The number of carbonyl (C=O) groups excluding carboxylic acids is 2. The number of nitrogens with zero attached hydrogens (tertiary/aromatic N) is 2. The number of anilines is 1. The molecule has 0 fully saturated rings. The minimum atomic E-state index is -4.23. The molecule has 0 bridgehead atoms. The van der Waals surface area contributed by atoms with Crippen molar-refractivity contribution in [2.45, 2.75) is 50.7 Å². The molecule has 0 radical (unpaired) electrons. The van der Waals surface area contributed by atoms with Crippen LogP contribution in [-0.2, 0) is 26.2 Å². The van der Waals surface area contributed by atoms with Gasteiger partial charge in [-0.25, -0.2) is 8.42 Å². The highest BCUT2D eigenvalue weighted by molar-refractivity contribution is 7.92. The second-order valence-electron chi connectivity index (χ2n) is 9.29. The van der Waals surface area contributed by atoms with Crippen LogP contribution in [-0.4, -0.2) is 50.9 Å². The molecule has 3 aromatic rings. The molecular formula is C29H33Cl2N3O5S. The molecule has 0 saturated heterocycles. The van der Waals surface area contributed by atoms with Crippen LogP contribution in [0.2, 0.25) is 10.0 Å². The summed E-state index contributed by atoms with van der Waals surface area (Å²) < 4.78 is 33.9. The molecule has 2 amide bonds. The Balaban J connectivity index is 2.05. The number of ether oxygens (including phenoxy) is 1. The Morgan fingerprint density at radius 2 is 1.68 bits per heavy atom. The molecule has 2 atom stereocenters. The minimum Gasteiger partial charge on any atom is -0.497 e. The summed E-state index contributed by atoms with van der Waals surface area (Å²) in [5.41, 5.74) is 0.791. The predicted molar refractivity (Wildman–Crippen MR) is 158 cm³/mol. The number of nitrogens with one attached hydrogen (secondary N) is 1. The van der Waals surface area contributed by atoms with Gasteiger partial charge in [0.15, 0.2) is 0 Å². The fraction of sp³-hybridized carbons (Fsp3) is 0.310. The van der Waals surface area contributed by atoms with Crippen LogP contribution < -0.4 is 14.4 Å². The van der Waals surface area contributed by atoms with Crippen molar-refractivity contribution in [2.24, 2.45) is 0 Å². The molecule has 8 nitrogen and oxygen atoms in total. The van der Waals surface area contributed by atoms with Crippen LogP contribution in [0.1, 0.15) is 32.8 Å². The van der Waals surface area contributed by atoms with Crippen molar-refractivity contribution in [3.05, 3.63) is 88.4 Å². The molecule has 0 heterocycles. The molecule has 3 rings (SSSR count). The maximum Gasteiger partial charge on any atom is 0.264 e. The lowest BCUT2D eigenvalue weighted by Gasteiger charge is -2.32. The van der Waals surface area contributed by atoms with Gasteiger partial charge in [0, 0.05) is 17.6 Å². The number of amides is 2. The van der Waals surface area contributed by atoms with Gasteiger partial charge in [0.1, 0.15) is 18.3 Å². The van der Waals surface area contributed by atoms with Gasteiger partial charge in [-0.15, -0.1) is 0 Å². The molecule has 40 heavy (non-hydrogen) atoms. The Kier molecular flexibility index (Phi) is 10.8. The van der Waals surface area contributed by atoms with E-state index in [4.69, 9.17) is 27.9 Å². The number of hydrogen-bond acceptors (Lipinski definition) is 5. The summed E-state index contributed by atoms with van der Waals surface area (Å²) in [5, 5.41) is 3.27. The Bertz CT molecular complexity index is 1440. The third kappa shape index (κ3) is 7.68. The first-order valence-electron chi connectivity index (χ1n) is 12.7. The molecule has 0 aromatic heterocycles. The van der Waals surface area contributed by atoms with E-state index in [2.05, 4.69) is 5.32 Å². The molecule has 0 aliphatic heterocycles. The fourth-order valence-corrected chi connectivity index (χ4v) is 5.95. The van der Waals surface area contributed by atoms with Crippen molar-refractivity contribution >= 4 is 50.7 Å². The lowest BCUT2D eigenvalue weighted by molar-refractivity contribution is -0.139. The number of halogens is 2. The zero-order chi connectivity index (χ0) is 29.4. The molecule has 0 unspecified atom stereocenters. The number of rotatable bonds is 12. The lowest BCUT2D eigenvalue weighted by atomic mass is 10.1. The van der Waals surface area contributed by atoms with Crippen molar-refractivity contribution in [3.63, 3.8) is 0 Å². The third-order valence-corrected chi connectivity index (χ3v) is 8.76. The van der Waals surface area contributed by atoms with Gasteiger partial charge in [-0.2, -0.15) is 0 Å². The van der Waals surface area contributed by atoms with E-state index in [-0.39, 0.29) is 34.1 Å².